The molecule has 0 unspecified atom stereocenters. The molecule has 31 heavy (non-hydrogen) atoms. The molecule has 4 atom stereocenters. The SMILES string of the molecule is CC(C)(C)C1=CC2=C3C(=C4C=C(C(C)(C)C)C=C5C=CC(=C1)[C@@]2(C)[C@]54C)[C@H]1C=C[C@@H]3O1. The Morgan fingerprint density at radius 2 is 1.03 bits per heavy atom. The van der Waals surface area contributed by atoms with E-state index < -0.39 is 0 Å². The van der Waals surface area contributed by atoms with E-state index in [1.165, 1.54) is 44.6 Å². The summed E-state index contributed by atoms with van der Waals surface area (Å²) in [6.07, 6.45) is 19.5. The van der Waals surface area contributed by atoms with Gasteiger partial charge < -0.3 is 4.74 Å². The third-order valence-electron chi connectivity index (χ3n) is 8.82. The Morgan fingerprint density at radius 1 is 0.645 bits per heavy atom. The second kappa shape index (κ2) is 5.44. The number of hydrogen-bond donors (Lipinski definition) is 0. The summed E-state index contributed by atoms with van der Waals surface area (Å²) in [5, 5.41) is 0. The molecule has 6 aliphatic rings. The van der Waals surface area contributed by atoms with Crippen LogP contribution in [0.25, 0.3) is 0 Å². The lowest BCUT2D eigenvalue weighted by Crippen LogP contribution is -2.50. The van der Waals surface area contributed by atoms with Gasteiger partial charge in [0.25, 0.3) is 0 Å². The highest BCUT2D eigenvalue weighted by atomic mass is 16.5. The summed E-state index contributed by atoms with van der Waals surface area (Å²) < 4.78 is 6.50. The summed E-state index contributed by atoms with van der Waals surface area (Å²) in [5.41, 5.74) is 11.6. The first kappa shape index (κ1) is 19.6. The molecule has 0 aromatic carbocycles. The molecule has 0 saturated carbocycles. The zero-order chi connectivity index (χ0) is 22.1. The van der Waals surface area contributed by atoms with E-state index in [4.69, 9.17) is 4.74 Å². The van der Waals surface area contributed by atoms with E-state index in [0.717, 1.165) is 0 Å². The zero-order valence-corrected chi connectivity index (χ0v) is 20.2. The van der Waals surface area contributed by atoms with Gasteiger partial charge in [-0.3, -0.25) is 0 Å². The maximum absolute atomic E-state index is 6.50. The van der Waals surface area contributed by atoms with Crippen molar-refractivity contribution in [3.8, 4) is 0 Å². The van der Waals surface area contributed by atoms with E-state index in [1.807, 2.05) is 0 Å². The van der Waals surface area contributed by atoms with Crippen LogP contribution in [0.1, 0.15) is 55.4 Å². The lowest BCUT2D eigenvalue weighted by Gasteiger charge is -2.59. The van der Waals surface area contributed by atoms with E-state index in [2.05, 4.69) is 104 Å². The molecule has 2 heterocycles. The van der Waals surface area contributed by atoms with Gasteiger partial charge in [-0.2, -0.15) is 0 Å². The van der Waals surface area contributed by atoms with E-state index in [9.17, 15) is 0 Å². The van der Waals surface area contributed by atoms with Crippen molar-refractivity contribution >= 4 is 0 Å². The Labute approximate surface area is 187 Å². The second-order valence-electron chi connectivity index (χ2n) is 12.5. The van der Waals surface area contributed by atoms with Crippen LogP contribution in [-0.2, 0) is 4.74 Å². The molecular formula is C30H34O. The number of hydrogen-bond acceptors (Lipinski definition) is 1. The molecule has 0 aromatic heterocycles. The minimum absolute atomic E-state index is 0.0852. The minimum Gasteiger partial charge on any atom is -0.357 e. The molecule has 4 aliphatic carbocycles. The Balaban J connectivity index is 1.77. The molecule has 1 saturated heterocycles. The summed E-state index contributed by atoms with van der Waals surface area (Å²) >= 11 is 0. The molecule has 2 aliphatic heterocycles. The van der Waals surface area contributed by atoms with E-state index in [-0.39, 0.29) is 33.9 Å². The lowest BCUT2D eigenvalue weighted by atomic mass is 9.43. The summed E-state index contributed by atoms with van der Waals surface area (Å²) in [6.45, 7) is 18.9. The predicted octanol–water partition coefficient (Wildman–Crippen LogP) is 7.34. The van der Waals surface area contributed by atoms with Gasteiger partial charge in [0.05, 0.1) is 0 Å². The molecule has 0 spiro atoms. The first-order valence-electron chi connectivity index (χ1n) is 11.8. The number of rotatable bonds is 0. The Bertz CT molecular complexity index is 1100. The van der Waals surface area contributed by atoms with Crippen LogP contribution in [0.2, 0.25) is 0 Å². The Morgan fingerprint density at radius 3 is 1.39 bits per heavy atom. The van der Waals surface area contributed by atoms with Crippen molar-refractivity contribution < 1.29 is 4.74 Å². The molecule has 1 fully saturated rings. The van der Waals surface area contributed by atoms with Crippen molar-refractivity contribution in [1.82, 2.24) is 0 Å². The van der Waals surface area contributed by atoms with Crippen LogP contribution in [0.4, 0.5) is 0 Å². The third-order valence-corrected chi connectivity index (χ3v) is 8.82. The van der Waals surface area contributed by atoms with Gasteiger partial charge in [0, 0.05) is 10.8 Å². The van der Waals surface area contributed by atoms with Crippen molar-refractivity contribution in [3.05, 3.63) is 93.2 Å². The Hall–Kier alpha value is -2.12. The standard InChI is InChI=1S/C30H34O/c1-27(2,3)19-13-17-9-10-18-14-20(28(4,5)6)16-22-26-24-12-11-23(31-24)25(26)21(15-19)29(17,7)30(18,22)8/h9-16,23-24H,1-8H3/t23-,24+,29-,30-/m1/s1. The normalized spacial score (nSPS) is 37.4. The number of allylic oxidation sites excluding steroid dienone is 12. The predicted molar refractivity (Wildman–Crippen MR) is 128 cm³/mol. The second-order valence-corrected chi connectivity index (χ2v) is 12.5. The molecule has 2 bridgehead atoms. The highest BCUT2D eigenvalue weighted by Crippen LogP contribution is 2.70. The van der Waals surface area contributed by atoms with Gasteiger partial charge in [-0.1, -0.05) is 104 Å². The summed E-state index contributed by atoms with van der Waals surface area (Å²) in [5.74, 6) is 0. The average molecular weight is 411 g/mol. The fourth-order valence-electron chi connectivity index (χ4n) is 6.59. The summed E-state index contributed by atoms with van der Waals surface area (Å²) in [6, 6.07) is 0. The van der Waals surface area contributed by atoms with E-state index in [1.54, 1.807) is 0 Å². The van der Waals surface area contributed by atoms with Crippen LogP contribution >= 0.6 is 0 Å². The van der Waals surface area contributed by atoms with Crippen molar-refractivity contribution in [1.29, 1.82) is 0 Å². The minimum atomic E-state index is -0.0852. The first-order valence-corrected chi connectivity index (χ1v) is 11.8. The molecule has 0 aromatic rings. The fraction of sp³-hybridized carbons (Fsp3) is 0.467. The van der Waals surface area contributed by atoms with E-state index in [0.29, 0.717) is 0 Å². The summed E-state index contributed by atoms with van der Waals surface area (Å²) in [4.78, 5) is 0. The number of fused-ring (bicyclic) bond motifs is 5. The maximum atomic E-state index is 6.50. The quantitative estimate of drug-likeness (QED) is 0.380. The average Bonchev–Trinajstić information content (AvgIpc) is 3.26. The van der Waals surface area contributed by atoms with Crippen LogP contribution in [0, 0.1) is 21.7 Å². The molecule has 0 radical (unpaired) electrons. The van der Waals surface area contributed by atoms with Crippen molar-refractivity contribution in [3.63, 3.8) is 0 Å². The van der Waals surface area contributed by atoms with Gasteiger partial charge >= 0.3 is 0 Å². The molecule has 0 amide bonds. The van der Waals surface area contributed by atoms with Gasteiger partial charge in [0.2, 0.25) is 0 Å². The van der Waals surface area contributed by atoms with Gasteiger partial charge in [-0.25, -0.2) is 0 Å². The van der Waals surface area contributed by atoms with Crippen LogP contribution in [0.5, 0.6) is 0 Å². The molecular weight excluding hydrogens is 376 g/mol. The molecule has 160 valence electrons. The van der Waals surface area contributed by atoms with Crippen LogP contribution in [0.15, 0.2) is 93.2 Å². The first-order chi connectivity index (χ1) is 14.4. The van der Waals surface area contributed by atoms with Gasteiger partial charge in [-0.05, 0) is 55.4 Å². The summed E-state index contributed by atoms with van der Waals surface area (Å²) in [7, 11) is 0. The molecule has 1 heteroatoms. The topological polar surface area (TPSA) is 9.23 Å². The van der Waals surface area contributed by atoms with Crippen LogP contribution < -0.4 is 0 Å². The molecule has 0 N–H and O–H groups in total. The third kappa shape index (κ3) is 2.16. The monoisotopic (exact) mass is 410 g/mol. The van der Waals surface area contributed by atoms with Crippen molar-refractivity contribution in [2.24, 2.45) is 21.7 Å². The van der Waals surface area contributed by atoms with Gasteiger partial charge in [0.15, 0.2) is 0 Å². The highest BCUT2D eigenvalue weighted by molar-refractivity contribution is 5.75. The molecule has 1 nitrogen and oxygen atoms in total. The Kier molecular flexibility index (Phi) is 3.43. The fourth-order valence-corrected chi connectivity index (χ4v) is 6.59. The van der Waals surface area contributed by atoms with E-state index >= 15 is 0 Å². The highest BCUT2D eigenvalue weighted by Gasteiger charge is 2.62. The molecule has 6 rings (SSSR count). The van der Waals surface area contributed by atoms with Gasteiger partial charge in [0.1, 0.15) is 12.2 Å². The van der Waals surface area contributed by atoms with Crippen molar-refractivity contribution in [2.75, 3.05) is 0 Å². The number of ether oxygens (including phenoxy) is 1. The van der Waals surface area contributed by atoms with Crippen LogP contribution in [-0.4, -0.2) is 12.2 Å². The van der Waals surface area contributed by atoms with Crippen molar-refractivity contribution in [2.45, 2.75) is 67.6 Å². The maximum Gasteiger partial charge on any atom is 0.103 e. The van der Waals surface area contributed by atoms with Crippen LogP contribution in [0.3, 0.4) is 0 Å². The zero-order valence-electron chi connectivity index (χ0n) is 20.2. The lowest BCUT2D eigenvalue weighted by molar-refractivity contribution is 0.138. The largest absolute Gasteiger partial charge is 0.357 e. The van der Waals surface area contributed by atoms with Gasteiger partial charge in [-0.15, -0.1) is 0 Å². The smallest absolute Gasteiger partial charge is 0.103 e.